The van der Waals surface area contributed by atoms with Crippen molar-refractivity contribution in [2.24, 2.45) is 7.05 Å². The first kappa shape index (κ1) is 16.1. The van der Waals surface area contributed by atoms with Gasteiger partial charge in [-0.15, -0.1) is 0 Å². The highest BCUT2D eigenvalue weighted by molar-refractivity contribution is 7.20. The minimum absolute atomic E-state index is 0.00198. The molecule has 0 aliphatic carbocycles. The standard InChI is InChI=1S/C18H20N4O2S/c1-12-11-15(20-21(12)2)17(23)22-9-7-13(8-10-22)24-18-19-14-5-3-4-6-16(14)25-18/h3-6,11,13H,7-10H2,1-2H3. The molecule has 0 bridgehead atoms. The molecule has 1 aliphatic heterocycles. The average Bonchev–Trinajstić information content (AvgIpc) is 3.17. The van der Waals surface area contributed by atoms with Crippen LogP contribution in [0.25, 0.3) is 10.2 Å². The number of aryl methyl sites for hydroxylation is 2. The predicted octanol–water partition coefficient (Wildman–Crippen LogP) is 3.02. The second kappa shape index (κ2) is 6.48. The van der Waals surface area contributed by atoms with Crippen LogP contribution in [0.15, 0.2) is 30.3 Å². The Bertz CT molecular complexity index is 856. The van der Waals surface area contributed by atoms with E-state index >= 15 is 0 Å². The van der Waals surface area contributed by atoms with Crippen molar-refractivity contribution in [3.63, 3.8) is 0 Å². The highest BCUT2D eigenvalue weighted by atomic mass is 32.1. The van der Waals surface area contributed by atoms with Crippen LogP contribution in [0, 0.1) is 6.92 Å². The molecule has 130 valence electrons. The van der Waals surface area contributed by atoms with Crippen molar-refractivity contribution in [2.45, 2.75) is 25.9 Å². The van der Waals surface area contributed by atoms with E-state index in [9.17, 15) is 4.79 Å². The largest absolute Gasteiger partial charge is 0.467 e. The number of thiazole rings is 1. The maximum Gasteiger partial charge on any atom is 0.274 e. The van der Waals surface area contributed by atoms with Crippen molar-refractivity contribution >= 4 is 27.5 Å². The van der Waals surface area contributed by atoms with Crippen molar-refractivity contribution in [1.29, 1.82) is 0 Å². The summed E-state index contributed by atoms with van der Waals surface area (Å²) < 4.78 is 8.91. The molecule has 2 aromatic heterocycles. The Morgan fingerprint density at radius 2 is 2.04 bits per heavy atom. The van der Waals surface area contributed by atoms with Gasteiger partial charge in [-0.3, -0.25) is 9.48 Å². The number of benzene rings is 1. The quantitative estimate of drug-likeness (QED) is 0.724. The maximum atomic E-state index is 12.5. The van der Waals surface area contributed by atoms with Gasteiger partial charge in [0.15, 0.2) is 5.69 Å². The molecule has 3 aromatic rings. The summed E-state index contributed by atoms with van der Waals surface area (Å²) in [4.78, 5) is 18.9. The molecule has 1 saturated heterocycles. The Labute approximate surface area is 150 Å². The number of ether oxygens (including phenoxy) is 1. The molecule has 4 rings (SSSR count). The number of hydrogen-bond donors (Lipinski definition) is 0. The summed E-state index contributed by atoms with van der Waals surface area (Å²) >= 11 is 1.57. The second-order valence-electron chi connectivity index (χ2n) is 6.35. The smallest absolute Gasteiger partial charge is 0.274 e. The van der Waals surface area contributed by atoms with E-state index in [2.05, 4.69) is 16.1 Å². The molecule has 3 heterocycles. The lowest BCUT2D eigenvalue weighted by molar-refractivity contribution is 0.0589. The van der Waals surface area contributed by atoms with Gasteiger partial charge in [-0.1, -0.05) is 23.5 Å². The molecule has 0 unspecified atom stereocenters. The van der Waals surface area contributed by atoms with Gasteiger partial charge in [0.25, 0.3) is 11.1 Å². The third-order valence-electron chi connectivity index (χ3n) is 4.60. The molecule has 0 N–H and O–H groups in total. The molecule has 25 heavy (non-hydrogen) atoms. The molecule has 0 saturated carbocycles. The lowest BCUT2D eigenvalue weighted by Gasteiger charge is -2.31. The van der Waals surface area contributed by atoms with Gasteiger partial charge in [0.05, 0.1) is 10.2 Å². The van der Waals surface area contributed by atoms with Crippen LogP contribution in [0.2, 0.25) is 0 Å². The molecular formula is C18H20N4O2S. The molecule has 1 amide bonds. The number of hydrogen-bond acceptors (Lipinski definition) is 5. The van der Waals surface area contributed by atoms with Crippen LogP contribution in [0.1, 0.15) is 29.0 Å². The molecule has 1 fully saturated rings. The number of amides is 1. The average molecular weight is 356 g/mol. The number of aromatic nitrogens is 3. The minimum atomic E-state index is 0.00198. The summed E-state index contributed by atoms with van der Waals surface area (Å²) in [7, 11) is 1.85. The molecule has 1 aliphatic rings. The van der Waals surface area contributed by atoms with Crippen molar-refractivity contribution in [3.8, 4) is 5.19 Å². The highest BCUT2D eigenvalue weighted by Gasteiger charge is 2.26. The van der Waals surface area contributed by atoms with E-state index in [-0.39, 0.29) is 12.0 Å². The molecule has 6 nitrogen and oxygen atoms in total. The lowest BCUT2D eigenvalue weighted by Crippen LogP contribution is -2.42. The fraction of sp³-hybridized carbons (Fsp3) is 0.389. The van der Waals surface area contributed by atoms with Gasteiger partial charge in [-0.25, -0.2) is 4.98 Å². The lowest BCUT2D eigenvalue weighted by atomic mass is 10.1. The Morgan fingerprint density at radius 1 is 1.28 bits per heavy atom. The van der Waals surface area contributed by atoms with E-state index in [1.807, 2.05) is 43.1 Å². The van der Waals surface area contributed by atoms with Crippen molar-refractivity contribution in [2.75, 3.05) is 13.1 Å². The number of rotatable bonds is 3. The van der Waals surface area contributed by atoms with E-state index in [0.29, 0.717) is 24.0 Å². The first-order valence-corrected chi connectivity index (χ1v) is 9.24. The van der Waals surface area contributed by atoms with Gasteiger partial charge in [-0.05, 0) is 25.1 Å². The zero-order valence-electron chi connectivity index (χ0n) is 14.3. The molecule has 0 radical (unpaired) electrons. The zero-order valence-corrected chi connectivity index (χ0v) is 15.1. The summed E-state index contributed by atoms with van der Waals surface area (Å²) in [5.74, 6) is 0.00198. The normalized spacial score (nSPS) is 15.7. The number of carbonyl (C=O) groups excluding carboxylic acids is 1. The van der Waals surface area contributed by atoms with Crippen molar-refractivity contribution < 1.29 is 9.53 Å². The topological polar surface area (TPSA) is 60.3 Å². The maximum absolute atomic E-state index is 12.5. The van der Waals surface area contributed by atoms with Crippen LogP contribution in [0.3, 0.4) is 0 Å². The first-order valence-electron chi connectivity index (χ1n) is 8.42. The number of nitrogens with zero attached hydrogens (tertiary/aromatic N) is 4. The van der Waals surface area contributed by atoms with Crippen LogP contribution in [0.5, 0.6) is 5.19 Å². The summed E-state index contributed by atoms with van der Waals surface area (Å²) in [6, 6.07) is 9.87. The fourth-order valence-corrected chi connectivity index (χ4v) is 3.93. The van der Waals surface area contributed by atoms with Crippen LogP contribution < -0.4 is 4.74 Å². The van der Waals surface area contributed by atoms with Crippen LogP contribution >= 0.6 is 11.3 Å². The Kier molecular flexibility index (Phi) is 4.17. The SMILES string of the molecule is Cc1cc(C(=O)N2CCC(Oc3nc4ccccc4s3)CC2)nn1C. The number of piperidine rings is 1. The van der Waals surface area contributed by atoms with Crippen LogP contribution in [0.4, 0.5) is 0 Å². The van der Waals surface area contributed by atoms with E-state index < -0.39 is 0 Å². The minimum Gasteiger partial charge on any atom is -0.467 e. The first-order chi connectivity index (χ1) is 12.1. The van der Waals surface area contributed by atoms with Gasteiger partial charge in [0, 0.05) is 38.7 Å². The Hall–Kier alpha value is -2.41. The molecule has 0 atom stereocenters. The van der Waals surface area contributed by atoms with Crippen molar-refractivity contribution in [3.05, 3.63) is 41.7 Å². The molecular weight excluding hydrogens is 336 g/mol. The molecule has 1 aromatic carbocycles. The predicted molar refractivity (Wildman–Crippen MR) is 97.1 cm³/mol. The summed E-state index contributed by atoms with van der Waals surface area (Å²) in [6.07, 6.45) is 1.73. The van der Waals surface area contributed by atoms with E-state index in [0.717, 1.165) is 28.8 Å². The number of carbonyl (C=O) groups is 1. The van der Waals surface area contributed by atoms with Crippen molar-refractivity contribution in [1.82, 2.24) is 19.7 Å². The van der Waals surface area contributed by atoms with E-state index in [1.165, 1.54) is 0 Å². The van der Waals surface area contributed by atoms with E-state index in [4.69, 9.17) is 4.74 Å². The zero-order chi connectivity index (χ0) is 17.4. The van der Waals surface area contributed by atoms with Gasteiger partial charge < -0.3 is 9.64 Å². The summed E-state index contributed by atoms with van der Waals surface area (Å²) in [6.45, 7) is 3.32. The van der Waals surface area contributed by atoms with Gasteiger partial charge in [0.1, 0.15) is 6.10 Å². The number of likely N-dealkylation sites (tertiary alicyclic amines) is 1. The third kappa shape index (κ3) is 3.24. The monoisotopic (exact) mass is 356 g/mol. The summed E-state index contributed by atoms with van der Waals surface area (Å²) in [5, 5.41) is 5.00. The van der Waals surface area contributed by atoms with Crippen LogP contribution in [-0.2, 0) is 7.05 Å². The van der Waals surface area contributed by atoms with Crippen LogP contribution in [-0.4, -0.2) is 44.8 Å². The highest BCUT2D eigenvalue weighted by Crippen LogP contribution is 2.29. The molecule has 0 spiro atoms. The number of fused-ring (bicyclic) bond motifs is 1. The van der Waals surface area contributed by atoms with Gasteiger partial charge in [-0.2, -0.15) is 5.10 Å². The third-order valence-corrected chi connectivity index (χ3v) is 5.53. The Morgan fingerprint density at radius 3 is 2.72 bits per heavy atom. The molecule has 7 heteroatoms. The second-order valence-corrected chi connectivity index (χ2v) is 7.34. The van der Waals surface area contributed by atoms with Gasteiger partial charge >= 0.3 is 0 Å². The fourth-order valence-electron chi connectivity index (χ4n) is 3.05. The number of para-hydroxylation sites is 1. The summed E-state index contributed by atoms with van der Waals surface area (Å²) in [5.41, 5.74) is 2.48. The van der Waals surface area contributed by atoms with Gasteiger partial charge in [0.2, 0.25) is 0 Å². The van der Waals surface area contributed by atoms with E-state index in [1.54, 1.807) is 16.0 Å². The Balaban J connectivity index is 1.37.